The fraction of sp³-hybridized carbons (Fsp3) is 0.333. The van der Waals surface area contributed by atoms with Gasteiger partial charge in [0.1, 0.15) is 10.8 Å². The number of nitrogens with zero attached hydrogens (tertiary/aromatic N) is 3. The predicted octanol–water partition coefficient (Wildman–Crippen LogP) is 3.83. The van der Waals surface area contributed by atoms with Crippen molar-refractivity contribution in [1.82, 2.24) is 14.3 Å². The van der Waals surface area contributed by atoms with Crippen molar-refractivity contribution >= 4 is 22.4 Å². The van der Waals surface area contributed by atoms with E-state index in [-0.39, 0.29) is 17.2 Å². The number of anilines is 1. The highest BCUT2D eigenvalue weighted by atomic mass is 32.1. The number of amides is 1. The Balaban J connectivity index is 1.54. The van der Waals surface area contributed by atoms with Gasteiger partial charge < -0.3 is 10.1 Å². The smallest absolute Gasteiger partial charge is 0.229 e. The van der Waals surface area contributed by atoms with E-state index in [1.54, 1.807) is 6.20 Å². The second kappa shape index (κ2) is 7.31. The summed E-state index contributed by atoms with van der Waals surface area (Å²) in [5.41, 5.74) is 2.48. The molecule has 2 atom stereocenters. The van der Waals surface area contributed by atoms with E-state index < -0.39 is 0 Å². The van der Waals surface area contributed by atoms with Crippen LogP contribution in [-0.4, -0.2) is 26.9 Å². The Morgan fingerprint density at radius 1 is 1.29 bits per heavy atom. The van der Waals surface area contributed by atoms with E-state index in [4.69, 9.17) is 4.74 Å². The molecule has 1 N–H and O–H groups in total. The molecule has 0 bridgehead atoms. The maximum atomic E-state index is 12.9. The lowest BCUT2D eigenvalue weighted by molar-refractivity contribution is -0.117. The van der Waals surface area contributed by atoms with Crippen molar-refractivity contribution < 1.29 is 9.53 Å². The quantitative estimate of drug-likeness (QED) is 0.687. The highest BCUT2D eigenvalue weighted by Gasteiger charge is 2.60. The van der Waals surface area contributed by atoms with Crippen LogP contribution in [-0.2, 0) is 10.2 Å². The largest absolute Gasteiger partial charge is 0.489 e. The Morgan fingerprint density at radius 2 is 2.07 bits per heavy atom. The topological polar surface area (TPSA) is 77.0 Å². The molecule has 3 aromatic rings. The van der Waals surface area contributed by atoms with Gasteiger partial charge in [0.05, 0.1) is 30.1 Å². The number of nitrogens with one attached hydrogen (secondary N) is 1. The summed E-state index contributed by atoms with van der Waals surface area (Å²) in [6.45, 7) is 6.08. The summed E-state index contributed by atoms with van der Waals surface area (Å²) in [6.07, 6.45) is 2.44. The van der Waals surface area contributed by atoms with Crippen LogP contribution in [0.3, 0.4) is 0 Å². The lowest BCUT2D eigenvalue weighted by Crippen LogP contribution is -2.26. The number of hydrogen-bond donors (Lipinski definition) is 1. The van der Waals surface area contributed by atoms with E-state index in [1.165, 1.54) is 11.5 Å². The molecule has 28 heavy (non-hydrogen) atoms. The van der Waals surface area contributed by atoms with Gasteiger partial charge in [-0.3, -0.25) is 4.79 Å². The zero-order chi connectivity index (χ0) is 19.7. The zero-order valence-corrected chi connectivity index (χ0v) is 16.9. The van der Waals surface area contributed by atoms with Crippen LogP contribution in [0, 0.1) is 26.7 Å². The number of ether oxygens (including phenoxy) is 1. The molecular weight excluding hydrogens is 372 g/mol. The summed E-state index contributed by atoms with van der Waals surface area (Å²) in [6, 6.07) is 12.0. The van der Waals surface area contributed by atoms with Gasteiger partial charge in [-0.1, -0.05) is 30.3 Å². The van der Waals surface area contributed by atoms with Crippen molar-refractivity contribution in [3.8, 4) is 5.75 Å². The lowest BCUT2D eigenvalue weighted by atomic mass is 9.93. The number of hydrogen-bond acceptors (Lipinski definition) is 6. The van der Waals surface area contributed by atoms with Crippen LogP contribution in [0.4, 0.5) is 5.00 Å². The van der Waals surface area contributed by atoms with Crippen molar-refractivity contribution in [1.29, 1.82) is 0 Å². The van der Waals surface area contributed by atoms with Gasteiger partial charge in [-0.05, 0) is 50.4 Å². The third-order valence-electron chi connectivity index (χ3n) is 5.15. The normalized spacial score (nSPS) is 20.6. The van der Waals surface area contributed by atoms with Gasteiger partial charge in [0.25, 0.3) is 0 Å². The first-order valence-corrected chi connectivity index (χ1v) is 9.98. The average Bonchev–Trinajstić information content (AvgIpc) is 3.29. The minimum Gasteiger partial charge on any atom is -0.489 e. The van der Waals surface area contributed by atoms with E-state index >= 15 is 0 Å². The molecule has 1 aliphatic carbocycles. The van der Waals surface area contributed by atoms with Crippen molar-refractivity contribution in [3.63, 3.8) is 0 Å². The van der Waals surface area contributed by atoms with Crippen molar-refractivity contribution in [3.05, 3.63) is 65.4 Å². The molecule has 2 aromatic heterocycles. The summed E-state index contributed by atoms with van der Waals surface area (Å²) >= 11 is 1.30. The third-order valence-corrected chi connectivity index (χ3v) is 5.95. The summed E-state index contributed by atoms with van der Waals surface area (Å²) in [7, 11) is 0. The van der Waals surface area contributed by atoms with E-state index in [1.807, 2.05) is 45.0 Å². The van der Waals surface area contributed by atoms with Gasteiger partial charge in [-0.2, -0.15) is 4.37 Å². The molecule has 7 heteroatoms. The predicted molar refractivity (Wildman–Crippen MR) is 109 cm³/mol. The van der Waals surface area contributed by atoms with Crippen LogP contribution in [0.2, 0.25) is 0 Å². The zero-order valence-electron chi connectivity index (χ0n) is 16.1. The van der Waals surface area contributed by atoms with Gasteiger partial charge in [0.15, 0.2) is 5.75 Å². The van der Waals surface area contributed by atoms with Gasteiger partial charge in [0.2, 0.25) is 5.91 Å². The molecule has 4 rings (SSSR count). The second-order valence-corrected chi connectivity index (χ2v) is 8.06. The van der Waals surface area contributed by atoms with E-state index in [2.05, 4.69) is 31.8 Å². The van der Waals surface area contributed by atoms with Gasteiger partial charge in [-0.15, -0.1) is 0 Å². The Labute approximate surface area is 168 Å². The van der Waals surface area contributed by atoms with E-state index in [9.17, 15) is 4.79 Å². The molecule has 1 saturated carbocycles. The molecule has 1 aromatic carbocycles. The maximum Gasteiger partial charge on any atom is 0.229 e. The van der Waals surface area contributed by atoms with Crippen LogP contribution in [0.5, 0.6) is 5.75 Å². The molecule has 0 spiro atoms. The molecule has 0 saturated heterocycles. The minimum atomic E-state index is -0.345. The summed E-state index contributed by atoms with van der Waals surface area (Å²) in [5, 5.41) is 3.78. The molecule has 0 aliphatic heterocycles. The standard InChI is InChI=1S/C21H22N4O2S/c1-13-9-19(28-25-13)24-20(26)17-10-21(17,16-7-5-4-6-8-16)12-27-18-11-22-15(3)23-14(18)2/h4-9,11,17H,10,12H2,1-3H3,(H,24,26)/t17-,21+/m0/s1. The number of carbonyl (C=O) groups is 1. The Kier molecular flexibility index (Phi) is 4.85. The van der Waals surface area contributed by atoms with Crippen LogP contribution in [0.15, 0.2) is 42.6 Å². The SMILES string of the molecule is Cc1cc(NC(=O)[C@@H]2C[C@@]2(COc2cnc(C)nc2C)c2ccccc2)sn1. The fourth-order valence-corrected chi connectivity index (χ4v) is 4.20. The second-order valence-electron chi connectivity index (χ2n) is 7.26. The monoisotopic (exact) mass is 394 g/mol. The Morgan fingerprint density at radius 3 is 2.75 bits per heavy atom. The first-order valence-electron chi connectivity index (χ1n) is 9.21. The Bertz CT molecular complexity index is 1000. The van der Waals surface area contributed by atoms with Crippen LogP contribution in [0.25, 0.3) is 0 Å². The minimum absolute atomic E-state index is 0.00739. The van der Waals surface area contributed by atoms with Crippen molar-refractivity contribution in [2.75, 3.05) is 11.9 Å². The van der Waals surface area contributed by atoms with Gasteiger partial charge in [0, 0.05) is 5.41 Å². The molecule has 1 amide bonds. The first-order chi connectivity index (χ1) is 13.5. The number of aryl methyl sites for hydroxylation is 3. The maximum absolute atomic E-state index is 12.9. The highest BCUT2D eigenvalue weighted by Crippen LogP contribution is 2.55. The summed E-state index contributed by atoms with van der Waals surface area (Å²) in [4.78, 5) is 21.5. The van der Waals surface area contributed by atoms with E-state index in [0.29, 0.717) is 18.2 Å². The molecule has 1 fully saturated rings. The number of carbonyl (C=O) groups excluding carboxylic acids is 1. The summed E-state index contributed by atoms with van der Waals surface area (Å²) in [5.74, 6) is 1.23. The van der Waals surface area contributed by atoms with Crippen molar-refractivity contribution in [2.24, 2.45) is 5.92 Å². The molecule has 6 nitrogen and oxygen atoms in total. The molecule has 1 aliphatic rings. The molecular formula is C21H22N4O2S. The van der Waals surface area contributed by atoms with E-state index in [0.717, 1.165) is 28.4 Å². The molecule has 0 unspecified atom stereocenters. The molecule has 144 valence electrons. The molecule has 0 radical (unpaired) electrons. The fourth-order valence-electron chi connectivity index (χ4n) is 3.53. The van der Waals surface area contributed by atoms with Crippen molar-refractivity contribution in [2.45, 2.75) is 32.6 Å². The lowest BCUT2D eigenvalue weighted by Gasteiger charge is -2.19. The third kappa shape index (κ3) is 3.62. The van der Waals surface area contributed by atoms with Crippen LogP contribution in [0.1, 0.15) is 29.2 Å². The van der Waals surface area contributed by atoms with Gasteiger partial charge >= 0.3 is 0 Å². The first kappa shape index (κ1) is 18.6. The molecule has 2 heterocycles. The van der Waals surface area contributed by atoms with Crippen LogP contribution < -0.4 is 10.1 Å². The number of aromatic nitrogens is 3. The number of benzene rings is 1. The van der Waals surface area contributed by atoms with Gasteiger partial charge in [-0.25, -0.2) is 9.97 Å². The summed E-state index contributed by atoms with van der Waals surface area (Å²) < 4.78 is 10.3. The Hall–Kier alpha value is -2.80. The highest BCUT2D eigenvalue weighted by molar-refractivity contribution is 7.10. The number of rotatable bonds is 6. The van der Waals surface area contributed by atoms with Crippen LogP contribution >= 0.6 is 11.5 Å². The average molecular weight is 395 g/mol.